The van der Waals surface area contributed by atoms with Gasteiger partial charge < -0.3 is 9.47 Å². The molecule has 0 radical (unpaired) electrons. The van der Waals surface area contributed by atoms with Crippen LogP contribution in [0.1, 0.15) is 37.4 Å². The van der Waals surface area contributed by atoms with Crippen LogP contribution in [0.2, 0.25) is 0 Å². The first-order valence-electron chi connectivity index (χ1n) is 9.79. The zero-order valence-corrected chi connectivity index (χ0v) is 15.6. The van der Waals surface area contributed by atoms with Gasteiger partial charge in [0.25, 0.3) is 0 Å². The van der Waals surface area contributed by atoms with Gasteiger partial charge in [0.2, 0.25) is 5.91 Å². The van der Waals surface area contributed by atoms with Crippen molar-refractivity contribution in [1.29, 1.82) is 0 Å². The molecule has 2 unspecified atom stereocenters. The highest BCUT2D eigenvalue weighted by Crippen LogP contribution is 2.26. The van der Waals surface area contributed by atoms with Crippen molar-refractivity contribution >= 4 is 5.91 Å². The van der Waals surface area contributed by atoms with Gasteiger partial charge in [-0.2, -0.15) is 0 Å². The van der Waals surface area contributed by atoms with Crippen molar-refractivity contribution in [3.8, 4) is 0 Å². The van der Waals surface area contributed by atoms with Crippen LogP contribution in [0.15, 0.2) is 42.9 Å². The zero-order chi connectivity index (χ0) is 17.9. The smallest absolute Gasteiger partial charge is 0.228 e. The van der Waals surface area contributed by atoms with Gasteiger partial charge in [-0.15, -0.1) is 0 Å². The maximum atomic E-state index is 13.0. The SMILES string of the molecule is CC1C(N2CCCC2)CCN1C(=O)Cc1cncn1Cc1ccccc1. The summed E-state index contributed by atoms with van der Waals surface area (Å²) in [7, 11) is 0. The zero-order valence-electron chi connectivity index (χ0n) is 15.6. The van der Waals surface area contributed by atoms with Crippen molar-refractivity contribution in [3.63, 3.8) is 0 Å². The molecule has 3 heterocycles. The molecule has 0 spiro atoms. The molecule has 2 fully saturated rings. The summed E-state index contributed by atoms with van der Waals surface area (Å²) >= 11 is 0. The number of carbonyl (C=O) groups excluding carboxylic acids is 1. The Balaban J connectivity index is 1.40. The summed E-state index contributed by atoms with van der Waals surface area (Å²) in [6, 6.07) is 11.2. The van der Waals surface area contributed by atoms with Gasteiger partial charge in [-0.3, -0.25) is 9.69 Å². The number of amides is 1. The fourth-order valence-corrected chi connectivity index (χ4v) is 4.51. The van der Waals surface area contributed by atoms with Gasteiger partial charge in [-0.1, -0.05) is 30.3 Å². The standard InChI is InChI=1S/C21H28N4O/c1-17-20(23-10-5-6-11-23)9-12-25(17)21(26)13-19-14-22-16-24(19)15-18-7-3-2-4-8-18/h2-4,7-8,14,16-17,20H,5-6,9-13,15H2,1H3. The Morgan fingerprint density at radius 1 is 1.15 bits per heavy atom. The molecule has 2 aliphatic heterocycles. The largest absolute Gasteiger partial charge is 0.338 e. The summed E-state index contributed by atoms with van der Waals surface area (Å²) in [4.78, 5) is 21.9. The lowest BCUT2D eigenvalue weighted by Crippen LogP contribution is -2.44. The van der Waals surface area contributed by atoms with Crippen molar-refractivity contribution in [2.75, 3.05) is 19.6 Å². The van der Waals surface area contributed by atoms with Crippen LogP contribution in [0.4, 0.5) is 0 Å². The van der Waals surface area contributed by atoms with Gasteiger partial charge in [-0.25, -0.2) is 4.98 Å². The predicted molar refractivity (Wildman–Crippen MR) is 102 cm³/mol. The molecule has 0 saturated carbocycles. The predicted octanol–water partition coefficient (Wildman–Crippen LogP) is 2.56. The number of benzene rings is 1. The number of likely N-dealkylation sites (tertiary alicyclic amines) is 2. The highest BCUT2D eigenvalue weighted by molar-refractivity contribution is 5.79. The molecule has 0 N–H and O–H groups in total. The topological polar surface area (TPSA) is 41.4 Å². The fourth-order valence-electron chi connectivity index (χ4n) is 4.51. The maximum Gasteiger partial charge on any atom is 0.228 e. The summed E-state index contributed by atoms with van der Waals surface area (Å²) in [6.07, 6.45) is 7.81. The first-order valence-corrected chi connectivity index (χ1v) is 9.79. The minimum atomic E-state index is 0.231. The third-order valence-corrected chi connectivity index (χ3v) is 5.97. The molecule has 138 valence electrons. The average Bonchev–Trinajstić information content (AvgIpc) is 3.38. The molecule has 2 atom stereocenters. The first kappa shape index (κ1) is 17.3. The second kappa shape index (κ2) is 7.62. The molecule has 2 saturated heterocycles. The average molecular weight is 352 g/mol. The Labute approximate surface area is 155 Å². The van der Waals surface area contributed by atoms with Crippen molar-refractivity contribution in [1.82, 2.24) is 19.4 Å². The van der Waals surface area contributed by atoms with Crippen LogP contribution in [0.25, 0.3) is 0 Å². The van der Waals surface area contributed by atoms with E-state index in [1.54, 1.807) is 0 Å². The number of aromatic nitrogens is 2. The quantitative estimate of drug-likeness (QED) is 0.830. The Morgan fingerprint density at radius 2 is 1.92 bits per heavy atom. The van der Waals surface area contributed by atoms with Crippen LogP contribution in [-0.2, 0) is 17.8 Å². The van der Waals surface area contributed by atoms with Crippen molar-refractivity contribution < 1.29 is 4.79 Å². The van der Waals surface area contributed by atoms with E-state index in [9.17, 15) is 4.79 Å². The van der Waals surface area contributed by atoms with Gasteiger partial charge in [0.1, 0.15) is 0 Å². The minimum absolute atomic E-state index is 0.231. The number of imidazole rings is 1. The van der Waals surface area contributed by atoms with E-state index in [2.05, 4.69) is 38.4 Å². The summed E-state index contributed by atoms with van der Waals surface area (Å²) < 4.78 is 2.09. The highest BCUT2D eigenvalue weighted by atomic mass is 16.2. The summed E-state index contributed by atoms with van der Waals surface area (Å²) in [5.74, 6) is 0.231. The van der Waals surface area contributed by atoms with E-state index >= 15 is 0 Å². The van der Waals surface area contributed by atoms with E-state index in [1.807, 2.05) is 30.7 Å². The minimum Gasteiger partial charge on any atom is -0.338 e. The molecule has 1 aromatic carbocycles. The number of hydrogen-bond acceptors (Lipinski definition) is 3. The molecule has 2 aromatic rings. The normalized spacial score (nSPS) is 23.7. The van der Waals surface area contributed by atoms with E-state index in [-0.39, 0.29) is 5.91 Å². The van der Waals surface area contributed by atoms with E-state index in [0.717, 1.165) is 25.2 Å². The van der Waals surface area contributed by atoms with E-state index in [1.165, 1.54) is 31.5 Å². The molecular weight excluding hydrogens is 324 g/mol. The fraction of sp³-hybridized carbons (Fsp3) is 0.524. The molecule has 0 bridgehead atoms. The first-order chi connectivity index (χ1) is 12.7. The van der Waals surface area contributed by atoms with E-state index in [0.29, 0.717) is 18.5 Å². The Kier molecular flexibility index (Phi) is 5.07. The molecule has 5 heteroatoms. The Morgan fingerprint density at radius 3 is 2.69 bits per heavy atom. The monoisotopic (exact) mass is 352 g/mol. The Bertz CT molecular complexity index is 735. The molecule has 4 rings (SSSR count). The van der Waals surface area contributed by atoms with Crippen molar-refractivity contribution in [2.24, 2.45) is 0 Å². The lowest BCUT2D eigenvalue weighted by Gasteiger charge is -2.30. The molecule has 26 heavy (non-hydrogen) atoms. The van der Waals surface area contributed by atoms with Crippen LogP contribution in [0, 0.1) is 0 Å². The molecule has 1 aromatic heterocycles. The van der Waals surface area contributed by atoms with Gasteiger partial charge >= 0.3 is 0 Å². The summed E-state index contributed by atoms with van der Waals surface area (Å²) in [5, 5.41) is 0. The van der Waals surface area contributed by atoms with Gasteiger partial charge in [0, 0.05) is 37.1 Å². The molecule has 5 nitrogen and oxygen atoms in total. The van der Waals surface area contributed by atoms with Crippen LogP contribution in [0.5, 0.6) is 0 Å². The van der Waals surface area contributed by atoms with Gasteiger partial charge in [-0.05, 0) is 44.8 Å². The van der Waals surface area contributed by atoms with E-state index < -0.39 is 0 Å². The van der Waals surface area contributed by atoms with Crippen molar-refractivity contribution in [3.05, 3.63) is 54.1 Å². The number of hydrogen-bond donors (Lipinski definition) is 0. The maximum absolute atomic E-state index is 13.0. The van der Waals surface area contributed by atoms with Crippen molar-refractivity contribution in [2.45, 2.75) is 51.2 Å². The lowest BCUT2D eigenvalue weighted by atomic mass is 10.1. The van der Waals surface area contributed by atoms with Gasteiger partial charge in [0.15, 0.2) is 0 Å². The Hall–Kier alpha value is -2.14. The molecule has 1 amide bonds. The second-order valence-electron chi connectivity index (χ2n) is 7.60. The second-order valence-corrected chi connectivity index (χ2v) is 7.60. The third kappa shape index (κ3) is 3.54. The number of nitrogens with zero attached hydrogens (tertiary/aromatic N) is 4. The number of carbonyl (C=O) groups is 1. The van der Waals surface area contributed by atoms with Crippen LogP contribution >= 0.6 is 0 Å². The van der Waals surface area contributed by atoms with E-state index in [4.69, 9.17) is 0 Å². The van der Waals surface area contributed by atoms with Crippen LogP contribution in [0.3, 0.4) is 0 Å². The molecule has 2 aliphatic rings. The van der Waals surface area contributed by atoms with Crippen LogP contribution in [-0.4, -0.2) is 57.0 Å². The third-order valence-electron chi connectivity index (χ3n) is 5.97. The van der Waals surface area contributed by atoms with Gasteiger partial charge in [0.05, 0.1) is 12.7 Å². The lowest BCUT2D eigenvalue weighted by molar-refractivity contribution is -0.131. The number of rotatable bonds is 5. The summed E-state index contributed by atoms with van der Waals surface area (Å²) in [6.45, 7) is 6.25. The summed E-state index contributed by atoms with van der Waals surface area (Å²) in [5.41, 5.74) is 2.22. The molecule has 0 aliphatic carbocycles. The van der Waals surface area contributed by atoms with Crippen LogP contribution < -0.4 is 0 Å². The highest BCUT2D eigenvalue weighted by Gasteiger charge is 2.37. The molecular formula is C21H28N4O.